The molecule has 0 aromatic heterocycles. The first-order chi connectivity index (χ1) is 17.3. The number of benzene rings is 2. The van der Waals surface area contributed by atoms with Gasteiger partial charge in [0.25, 0.3) is 0 Å². The van der Waals surface area contributed by atoms with Crippen molar-refractivity contribution in [3.8, 4) is 17.2 Å². The van der Waals surface area contributed by atoms with E-state index in [0.717, 1.165) is 13.0 Å². The van der Waals surface area contributed by atoms with Gasteiger partial charge in [-0.2, -0.15) is 0 Å². The molecule has 0 amide bonds. The summed E-state index contributed by atoms with van der Waals surface area (Å²) in [4.78, 5) is 32.1. The third-order valence-corrected chi connectivity index (χ3v) is 5.95. The van der Waals surface area contributed by atoms with Gasteiger partial charge in [0.2, 0.25) is 5.75 Å². The van der Waals surface area contributed by atoms with Crippen LogP contribution in [0.25, 0.3) is 0 Å². The Morgan fingerprint density at radius 3 is 2.00 bits per heavy atom. The monoisotopic (exact) mass is 503 g/mol. The lowest BCUT2D eigenvalue weighted by atomic mass is 9.89. The highest BCUT2D eigenvalue weighted by molar-refractivity contribution is 6.26. The number of carboxylic acid groups (broad SMARTS) is 2. The van der Waals surface area contributed by atoms with E-state index in [2.05, 4.69) is 30.3 Å². The van der Waals surface area contributed by atoms with Crippen molar-refractivity contribution in [3.63, 3.8) is 0 Å². The highest BCUT2D eigenvalue weighted by atomic mass is 16.5. The number of piperidine rings is 1. The third kappa shape index (κ3) is 8.46. The molecule has 0 spiro atoms. The second kappa shape index (κ2) is 14.6. The van der Waals surface area contributed by atoms with Crippen LogP contribution in [-0.2, 0) is 14.3 Å². The van der Waals surface area contributed by atoms with Crippen LogP contribution < -0.4 is 24.2 Å². The number of nitrogens with one attached hydrogen (secondary N) is 1. The molecule has 0 bridgehead atoms. The van der Waals surface area contributed by atoms with Crippen LogP contribution in [0.2, 0.25) is 0 Å². The highest BCUT2D eigenvalue weighted by Gasteiger charge is 2.23. The van der Waals surface area contributed by atoms with E-state index in [1.54, 1.807) is 17.0 Å². The number of rotatable bonds is 9. The number of hydrogen-bond acceptors (Lipinski definition) is 8. The fourth-order valence-corrected chi connectivity index (χ4v) is 4.10. The van der Waals surface area contributed by atoms with Gasteiger partial charge < -0.3 is 38.9 Å². The Balaban J connectivity index is 0.000000678. The maximum absolute atomic E-state index is 12.5. The number of carbonyl (C=O) groups is 3. The minimum absolute atomic E-state index is 0.382. The Morgan fingerprint density at radius 2 is 1.53 bits per heavy atom. The lowest BCUT2D eigenvalue weighted by molar-refractivity contribution is -0.905. The van der Waals surface area contributed by atoms with Gasteiger partial charge in [0.1, 0.15) is 0 Å². The fourth-order valence-electron chi connectivity index (χ4n) is 4.10. The molecule has 0 radical (unpaired) electrons. The summed E-state index contributed by atoms with van der Waals surface area (Å²) >= 11 is 0. The summed E-state index contributed by atoms with van der Waals surface area (Å²) in [5.74, 6) is -2.38. The number of ether oxygens (including phenoxy) is 4. The van der Waals surface area contributed by atoms with Crippen molar-refractivity contribution < 1.29 is 48.4 Å². The lowest BCUT2D eigenvalue weighted by Gasteiger charge is -2.29. The lowest BCUT2D eigenvalue weighted by Crippen LogP contribution is -3.13. The van der Waals surface area contributed by atoms with E-state index < -0.39 is 11.9 Å². The van der Waals surface area contributed by atoms with Gasteiger partial charge in [-0.1, -0.05) is 30.3 Å². The van der Waals surface area contributed by atoms with Crippen molar-refractivity contribution in [1.29, 1.82) is 0 Å². The molecule has 1 saturated heterocycles. The van der Waals surface area contributed by atoms with E-state index in [0.29, 0.717) is 35.3 Å². The van der Waals surface area contributed by atoms with Gasteiger partial charge in [-0.05, 0) is 23.6 Å². The van der Waals surface area contributed by atoms with Crippen molar-refractivity contribution in [1.82, 2.24) is 0 Å². The number of hydrogen-bond donors (Lipinski definition) is 2. The molecule has 0 atom stereocenters. The van der Waals surface area contributed by atoms with Crippen LogP contribution in [0.15, 0.2) is 42.5 Å². The molecule has 2 N–H and O–H groups in total. The molecular formula is C26H33NO9. The molecule has 2 aromatic carbocycles. The zero-order valence-electron chi connectivity index (χ0n) is 20.8. The summed E-state index contributed by atoms with van der Waals surface area (Å²) in [6, 6.07) is 14.0. The topological polar surface area (TPSA) is 136 Å². The molecule has 1 heterocycles. The van der Waals surface area contributed by atoms with E-state index in [4.69, 9.17) is 38.7 Å². The number of likely N-dealkylation sites (tertiary alicyclic amines) is 1. The molecule has 10 heteroatoms. The summed E-state index contributed by atoms with van der Waals surface area (Å²) in [6.07, 6.45) is 3.27. The molecule has 0 unspecified atom stereocenters. The van der Waals surface area contributed by atoms with Crippen LogP contribution in [0.4, 0.5) is 0 Å². The highest BCUT2D eigenvalue weighted by Crippen LogP contribution is 2.38. The number of esters is 1. The summed E-state index contributed by atoms with van der Waals surface area (Å²) < 4.78 is 21.4. The number of methoxy groups -OCH3 is 3. The average molecular weight is 504 g/mol. The van der Waals surface area contributed by atoms with E-state index >= 15 is 0 Å². The van der Waals surface area contributed by atoms with Crippen molar-refractivity contribution in [2.45, 2.75) is 25.2 Å². The van der Waals surface area contributed by atoms with E-state index in [-0.39, 0.29) is 5.97 Å². The predicted octanol–water partition coefficient (Wildman–Crippen LogP) is 0.543. The van der Waals surface area contributed by atoms with E-state index in [1.807, 2.05) is 0 Å². The normalized spacial score (nSPS) is 16.6. The molecule has 36 heavy (non-hydrogen) atoms. The molecule has 0 aliphatic carbocycles. The van der Waals surface area contributed by atoms with Gasteiger partial charge in [-0.25, -0.2) is 9.59 Å². The molecule has 10 nitrogen and oxygen atoms in total. The summed E-state index contributed by atoms with van der Waals surface area (Å²) in [5.41, 5.74) is 1.84. The van der Waals surface area contributed by atoms with Crippen molar-refractivity contribution in [2.24, 2.45) is 0 Å². The number of carboxylic acids is 2. The third-order valence-electron chi connectivity index (χ3n) is 5.95. The molecule has 1 fully saturated rings. The summed E-state index contributed by atoms with van der Waals surface area (Å²) in [7, 11) is 4.58. The van der Waals surface area contributed by atoms with Gasteiger partial charge >= 0.3 is 11.9 Å². The van der Waals surface area contributed by atoms with Crippen LogP contribution in [0.5, 0.6) is 17.2 Å². The number of carbonyl (C=O) groups excluding carboxylic acids is 2. The second-order valence-corrected chi connectivity index (χ2v) is 8.18. The van der Waals surface area contributed by atoms with Gasteiger partial charge in [0.15, 0.2) is 17.5 Å². The van der Waals surface area contributed by atoms with Gasteiger partial charge in [-0.3, -0.25) is 0 Å². The zero-order chi connectivity index (χ0) is 26.5. The molecule has 0 saturated carbocycles. The zero-order valence-corrected chi connectivity index (χ0v) is 20.8. The fraction of sp³-hybridized carbons (Fsp3) is 0.423. The van der Waals surface area contributed by atoms with Crippen molar-refractivity contribution in [2.75, 3.05) is 47.6 Å². The van der Waals surface area contributed by atoms with Crippen LogP contribution >= 0.6 is 0 Å². The maximum Gasteiger partial charge on any atom is 0.351 e. The van der Waals surface area contributed by atoms with E-state index in [9.17, 15) is 4.79 Å². The molecule has 1 aliphatic heterocycles. The first-order valence-corrected chi connectivity index (χ1v) is 11.6. The molecule has 196 valence electrons. The largest absolute Gasteiger partial charge is 0.539 e. The second-order valence-electron chi connectivity index (χ2n) is 8.18. The molecular weight excluding hydrogens is 470 g/mol. The molecule has 2 aromatic rings. The maximum atomic E-state index is 12.5. The van der Waals surface area contributed by atoms with Crippen molar-refractivity contribution in [3.05, 3.63) is 53.6 Å². The minimum atomic E-state index is -2.07. The minimum Gasteiger partial charge on any atom is -0.539 e. The summed E-state index contributed by atoms with van der Waals surface area (Å²) in [5, 5.41) is 16.3. The Bertz CT molecular complexity index is 965. The van der Waals surface area contributed by atoms with Crippen LogP contribution in [0, 0.1) is 0 Å². The quantitative estimate of drug-likeness (QED) is 0.285. The number of quaternary nitrogens is 1. The molecule has 1 aliphatic rings. The standard InChI is InChI=1S/C24H31NO5.C2H2O4/c1-27-21-16-20(17-22(28-2)23(21)29-3)24(26)30-15-7-12-25-13-10-19(11-14-25)18-8-5-4-6-9-18;3-1(4)2(5)6/h4-6,8-9,16-17,19H,7,10-15H2,1-3H3;(H,3,4)(H,5,6). The Morgan fingerprint density at radius 1 is 0.972 bits per heavy atom. The predicted molar refractivity (Wildman–Crippen MR) is 128 cm³/mol. The Hall–Kier alpha value is -3.79. The Kier molecular flexibility index (Phi) is 11.5. The van der Waals surface area contributed by atoms with E-state index in [1.165, 1.54) is 52.8 Å². The molecule has 3 rings (SSSR count). The van der Waals surface area contributed by atoms with Gasteiger partial charge in [0.05, 0.1) is 53.1 Å². The van der Waals surface area contributed by atoms with Crippen LogP contribution in [0.1, 0.15) is 41.1 Å². The first-order valence-electron chi connectivity index (χ1n) is 11.6. The average Bonchev–Trinajstić information content (AvgIpc) is 2.91. The Labute approximate surface area is 210 Å². The van der Waals surface area contributed by atoms with Gasteiger partial charge in [-0.15, -0.1) is 0 Å². The van der Waals surface area contributed by atoms with Crippen molar-refractivity contribution >= 4 is 17.9 Å². The first kappa shape index (κ1) is 28.4. The van der Waals surface area contributed by atoms with Crippen LogP contribution in [-0.4, -0.2) is 70.6 Å². The SMILES string of the molecule is COc1cc(C(=O)OCCC[NH+]2CCC(c3ccccc3)CC2)cc(OC)c1OC.O=C([O-])C(=O)O. The van der Waals surface area contributed by atoms with Gasteiger partial charge in [0, 0.05) is 19.3 Å². The summed E-state index contributed by atoms with van der Waals surface area (Å²) in [6.45, 7) is 3.76. The smallest absolute Gasteiger partial charge is 0.351 e. The number of aliphatic carboxylic acids is 2. The van der Waals surface area contributed by atoms with Crippen LogP contribution in [0.3, 0.4) is 0 Å².